The van der Waals surface area contributed by atoms with Crippen molar-refractivity contribution in [3.05, 3.63) is 0 Å². The smallest absolute Gasteiger partial charge is 0.407 e. The van der Waals surface area contributed by atoms with Gasteiger partial charge in [0.05, 0.1) is 6.61 Å². The fraction of sp³-hybridized carbons (Fsp3) is 0.857. The van der Waals surface area contributed by atoms with E-state index in [9.17, 15) is 4.79 Å². The Morgan fingerprint density at radius 1 is 1.31 bits per heavy atom. The van der Waals surface area contributed by atoms with Crippen LogP contribution in [0.5, 0.6) is 0 Å². The molecule has 0 rings (SSSR count). The summed E-state index contributed by atoms with van der Waals surface area (Å²) in [6.45, 7) is 2.24. The molecule has 0 aliphatic carbocycles. The maximum absolute atomic E-state index is 11.2. The van der Waals surface area contributed by atoms with Crippen molar-refractivity contribution in [1.29, 1.82) is 0 Å². The molecule has 0 aromatic heterocycles. The number of hydrogen-bond donors (Lipinski definition) is 1. The van der Waals surface area contributed by atoms with Crippen molar-refractivity contribution in [3.63, 3.8) is 0 Å². The van der Waals surface area contributed by atoms with Gasteiger partial charge in [0, 0.05) is 5.54 Å². The molecule has 0 spiro atoms. The Bertz CT molecular complexity index is 154. The van der Waals surface area contributed by atoms with Gasteiger partial charge in [0.15, 0.2) is 0 Å². The van der Waals surface area contributed by atoms with Gasteiger partial charge in [-0.3, -0.25) is 0 Å². The van der Waals surface area contributed by atoms with E-state index in [1.54, 1.807) is 0 Å². The molecule has 0 saturated carbocycles. The van der Waals surface area contributed by atoms with Gasteiger partial charge >= 0.3 is 6.09 Å². The molecule has 0 heterocycles. The van der Waals surface area contributed by atoms with Crippen molar-refractivity contribution in [2.75, 3.05) is 6.61 Å². The second-order valence-corrected chi connectivity index (χ2v) is 3.19. The molecule has 72 valence electrons. The number of nitrogens with one attached hydrogen (secondary N) is 1. The maximum Gasteiger partial charge on any atom is 0.407 e. The van der Waals surface area contributed by atoms with Crippen LogP contribution in [0.3, 0.4) is 0 Å². The molecule has 0 radical (unpaired) electrons. The number of carbonyl (C=O) groups is 1. The molecule has 0 unspecified atom stereocenters. The Morgan fingerprint density at radius 3 is 2.08 bits per heavy atom. The first-order valence-electron chi connectivity index (χ1n) is 5.09. The first-order valence-corrected chi connectivity index (χ1v) is 5.09. The lowest BCUT2D eigenvalue weighted by Gasteiger charge is -2.31. The minimum Gasteiger partial charge on any atom is -0.450 e. The van der Waals surface area contributed by atoms with Gasteiger partial charge in [-0.05, 0) is 6.92 Å². The summed E-state index contributed by atoms with van der Waals surface area (Å²) >= 11 is 0. The molecule has 0 atom stereocenters. The highest BCUT2D eigenvalue weighted by Gasteiger charge is 2.25. The number of ether oxygens (including phenoxy) is 1. The largest absolute Gasteiger partial charge is 0.450 e. The molecule has 0 saturated heterocycles. The summed E-state index contributed by atoms with van der Waals surface area (Å²) in [6.07, 6.45) is 2.53. The van der Waals surface area contributed by atoms with E-state index >= 15 is 0 Å². The zero-order chi connectivity index (χ0) is 10.3. The van der Waals surface area contributed by atoms with Crippen molar-refractivity contribution in [2.24, 2.45) is 0 Å². The Kier molecular flexibility index (Phi) is 5.75. The zero-order valence-electron chi connectivity index (χ0n) is 9.14. The number of hydrogen-bond acceptors (Lipinski definition) is 2. The first kappa shape index (κ1) is 12.5. The SMILES string of the molecule is BCC(CB)(CB)NC(=O)OCC. The van der Waals surface area contributed by atoms with Crippen LogP contribution in [0.25, 0.3) is 0 Å². The average molecular weight is 181 g/mol. The van der Waals surface area contributed by atoms with Crippen LogP contribution in [0.2, 0.25) is 19.0 Å². The summed E-state index contributed by atoms with van der Waals surface area (Å²) in [5, 5.41) is 2.92. The third-order valence-corrected chi connectivity index (χ3v) is 2.67. The van der Waals surface area contributed by atoms with Crippen LogP contribution in [0.4, 0.5) is 4.79 Å². The van der Waals surface area contributed by atoms with Gasteiger partial charge in [-0.25, -0.2) is 4.79 Å². The van der Waals surface area contributed by atoms with E-state index in [-0.39, 0.29) is 11.6 Å². The van der Waals surface area contributed by atoms with Crippen LogP contribution in [0.1, 0.15) is 6.92 Å². The molecule has 0 fully saturated rings. The van der Waals surface area contributed by atoms with Crippen molar-refractivity contribution in [1.82, 2.24) is 5.32 Å². The predicted molar refractivity (Wildman–Crippen MR) is 62.9 cm³/mol. The minimum atomic E-state index is -0.298. The maximum atomic E-state index is 11.2. The minimum absolute atomic E-state index is 0.0771. The highest BCUT2D eigenvalue weighted by Crippen LogP contribution is 2.17. The van der Waals surface area contributed by atoms with Crippen molar-refractivity contribution in [3.8, 4) is 0 Å². The van der Waals surface area contributed by atoms with Gasteiger partial charge in [-0.2, -0.15) is 0 Å². The third kappa shape index (κ3) is 3.79. The number of rotatable bonds is 5. The van der Waals surface area contributed by atoms with Crippen molar-refractivity contribution >= 4 is 29.6 Å². The molecule has 0 bridgehead atoms. The predicted octanol–water partition coefficient (Wildman–Crippen LogP) is -1.37. The molecule has 1 amide bonds. The highest BCUT2D eigenvalue weighted by atomic mass is 16.5. The van der Waals surface area contributed by atoms with Gasteiger partial charge in [-0.15, -0.1) is 0 Å². The van der Waals surface area contributed by atoms with Gasteiger partial charge in [-0.1, -0.05) is 19.0 Å². The Morgan fingerprint density at radius 2 is 1.77 bits per heavy atom. The number of carbonyl (C=O) groups excluding carboxylic acids is 1. The second-order valence-electron chi connectivity index (χ2n) is 3.19. The lowest BCUT2D eigenvalue weighted by atomic mass is 9.68. The molecule has 0 aliphatic rings. The summed E-state index contributed by atoms with van der Waals surface area (Å²) < 4.78 is 4.85. The van der Waals surface area contributed by atoms with Crippen LogP contribution in [0, 0.1) is 0 Å². The Labute approximate surface area is 83.2 Å². The summed E-state index contributed by atoms with van der Waals surface area (Å²) in [5.74, 6) is 0. The topological polar surface area (TPSA) is 38.3 Å². The van der Waals surface area contributed by atoms with Crippen LogP contribution in [-0.4, -0.2) is 41.8 Å². The van der Waals surface area contributed by atoms with Crippen LogP contribution < -0.4 is 5.32 Å². The van der Waals surface area contributed by atoms with Gasteiger partial charge < -0.3 is 10.1 Å². The molecule has 3 nitrogen and oxygen atoms in total. The standard InChI is InChI=1S/C7H18B3NO2/c1-2-13-6(12)11-7(3-8,4-9)5-10/h2-5,8-10H2,1H3,(H,11,12). The third-order valence-electron chi connectivity index (χ3n) is 2.67. The van der Waals surface area contributed by atoms with E-state index in [4.69, 9.17) is 4.74 Å². The lowest BCUT2D eigenvalue weighted by Crippen LogP contribution is -2.47. The average Bonchev–Trinajstić information content (AvgIpc) is 2.15. The van der Waals surface area contributed by atoms with Crippen LogP contribution in [-0.2, 0) is 4.74 Å². The second kappa shape index (κ2) is 6.00. The fourth-order valence-electron chi connectivity index (χ4n) is 1.40. The Balaban J connectivity index is 4.16. The highest BCUT2D eigenvalue weighted by molar-refractivity contribution is 6.16. The molecule has 0 aromatic rings. The van der Waals surface area contributed by atoms with Crippen molar-refractivity contribution < 1.29 is 9.53 Å². The fourth-order valence-corrected chi connectivity index (χ4v) is 1.40. The summed E-state index contributed by atoms with van der Waals surface area (Å²) in [6, 6.07) is 0. The van der Waals surface area contributed by atoms with Crippen LogP contribution >= 0.6 is 0 Å². The first-order chi connectivity index (χ1) is 6.14. The van der Waals surface area contributed by atoms with E-state index in [1.165, 1.54) is 0 Å². The molecule has 6 heteroatoms. The van der Waals surface area contributed by atoms with E-state index in [2.05, 4.69) is 28.9 Å². The molecular formula is C7H18B3NO2. The molecule has 13 heavy (non-hydrogen) atoms. The van der Waals surface area contributed by atoms with Crippen molar-refractivity contribution in [2.45, 2.75) is 31.4 Å². The quantitative estimate of drug-likeness (QED) is 0.530. The number of alkyl carbamates (subject to hydrolysis) is 1. The van der Waals surface area contributed by atoms with E-state index in [0.29, 0.717) is 6.61 Å². The molecule has 0 aliphatic heterocycles. The molecular weight excluding hydrogens is 163 g/mol. The van der Waals surface area contributed by atoms with E-state index in [1.807, 2.05) is 6.92 Å². The monoisotopic (exact) mass is 181 g/mol. The van der Waals surface area contributed by atoms with Crippen LogP contribution in [0.15, 0.2) is 0 Å². The zero-order valence-corrected chi connectivity index (χ0v) is 9.14. The molecule has 0 aromatic carbocycles. The van der Waals surface area contributed by atoms with Gasteiger partial charge in [0.25, 0.3) is 0 Å². The van der Waals surface area contributed by atoms with E-state index < -0.39 is 0 Å². The lowest BCUT2D eigenvalue weighted by molar-refractivity contribution is 0.143. The summed E-state index contributed by atoms with van der Waals surface area (Å²) in [5.41, 5.74) is -0.0771. The number of amides is 1. The normalized spacial score (nSPS) is 10.8. The van der Waals surface area contributed by atoms with E-state index in [0.717, 1.165) is 19.0 Å². The van der Waals surface area contributed by atoms with Gasteiger partial charge in [0.1, 0.15) is 23.5 Å². The van der Waals surface area contributed by atoms with Gasteiger partial charge in [0.2, 0.25) is 0 Å². The summed E-state index contributed by atoms with van der Waals surface area (Å²) in [4.78, 5) is 11.2. The molecule has 1 N–H and O–H groups in total. The Hall–Kier alpha value is -0.535. The summed E-state index contributed by atoms with van der Waals surface area (Å²) in [7, 11) is 6.25.